The summed E-state index contributed by atoms with van der Waals surface area (Å²) in [5, 5.41) is 0. The predicted octanol–water partition coefficient (Wildman–Crippen LogP) is 1.08. The van der Waals surface area contributed by atoms with Crippen LogP contribution in [-0.4, -0.2) is 12.6 Å². The van der Waals surface area contributed by atoms with E-state index in [2.05, 4.69) is 19.1 Å². The highest BCUT2D eigenvalue weighted by Crippen LogP contribution is 2.16. The van der Waals surface area contributed by atoms with Gasteiger partial charge in [0.05, 0.1) is 0 Å². The number of hydrogen-bond acceptors (Lipinski definition) is 2. The summed E-state index contributed by atoms with van der Waals surface area (Å²) in [7, 11) is 0. The van der Waals surface area contributed by atoms with Crippen molar-refractivity contribution >= 4 is 0 Å². The highest BCUT2D eigenvalue weighted by Gasteiger charge is 2.11. The lowest BCUT2D eigenvalue weighted by molar-refractivity contribution is 0.576. The summed E-state index contributed by atoms with van der Waals surface area (Å²) < 4.78 is 0. The molecular weight excluding hydrogens is 148 g/mol. The van der Waals surface area contributed by atoms with Crippen molar-refractivity contribution in [3.63, 3.8) is 0 Å². The first kappa shape index (κ1) is 9.23. The molecule has 0 saturated heterocycles. The molecule has 0 bridgehead atoms. The van der Waals surface area contributed by atoms with Crippen LogP contribution in [0.4, 0.5) is 0 Å². The van der Waals surface area contributed by atoms with Crippen LogP contribution in [0, 0.1) is 0 Å². The molecule has 0 spiro atoms. The molecule has 1 rings (SSSR count). The van der Waals surface area contributed by atoms with Crippen LogP contribution in [0.2, 0.25) is 0 Å². The molecule has 4 N–H and O–H groups in total. The van der Waals surface area contributed by atoms with E-state index in [1.54, 1.807) is 0 Å². The summed E-state index contributed by atoms with van der Waals surface area (Å²) in [6.07, 6.45) is 0. The van der Waals surface area contributed by atoms with Gasteiger partial charge in [0.2, 0.25) is 0 Å². The first-order valence-electron chi connectivity index (χ1n) is 4.26. The highest BCUT2D eigenvalue weighted by molar-refractivity contribution is 5.20. The van der Waals surface area contributed by atoms with E-state index in [9.17, 15) is 0 Å². The zero-order valence-electron chi connectivity index (χ0n) is 7.40. The van der Waals surface area contributed by atoms with Crippen molar-refractivity contribution in [1.29, 1.82) is 0 Å². The lowest BCUT2D eigenvalue weighted by Crippen LogP contribution is -2.34. The molecule has 0 unspecified atom stereocenters. The first-order chi connectivity index (χ1) is 5.75. The Kier molecular flexibility index (Phi) is 3.26. The van der Waals surface area contributed by atoms with E-state index in [1.807, 2.05) is 18.2 Å². The second-order valence-corrected chi connectivity index (χ2v) is 3.10. The Morgan fingerprint density at radius 1 is 1.25 bits per heavy atom. The molecule has 1 aromatic rings. The average Bonchev–Trinajstić information content (AvgIpc) is 2.17. The molecule has 0 radical (unpaired) electrons. The third kappa shape index (κ3) is 2.06. The van der Waals surface area contributed by atoms with Gasteiger partial charge in [-0.15, -0.1) is 0 Å². The van der Waals surface area contributed by atoms with Gasteiger partial charge in [-0.05, 0) is 11.5 Å². The van der Waals surface area contributed by atoms with E-state index in [-0.39, 0.29) is 6.04 Å². The molecule has 66 valence electrons. The number of benzene rings is 1. The average molecular weight is 164 g/mol. The fraction of sp³-hybridized carbons (Fsp3) is 0.400. The SMILES string of the molecule is C[C@H](c1ccccc1)[C@@H](N)CN. The molecular formula is C10H16N2. The van der Waals surface area contributed by atoms with E-state index in [4.69, 9.17) is 11.5 Å². The molecule has 1 aromatic carbocycles. The van der Waals surface area contributed by atoms with E-state index in [0.717, 1.165) is 0 Å². The van der Waals surface area contributed by atoms with Crippen molar-refractivity contribution < 1.29 is 0 Å². The maximum Gasteiger partial charge on any atom is 0.0230 e. The van der Waals surface area contributed by atoms with Crippen LogP contribution in [-0.2, 0) is 0 Å². The molecule has 0 amide bonds. The van der Waals surface area contributed by atoms with Crippen molar-refractivity contribution in [3.05, 3.63) is 35.9 Å². The number of nitrogens with two attached hydrogens (primary N) is 2. The maximum atomic E-state index is 5.82. The minimum atomic E-state index is 0.0624. The van der Waals surface area contributed by atoms with Crippen LogP contribution in [0.1, 0.15) is 18.4 Å². The van der Waals surface area contributed by atoms with Gasteiger partial charge in [-0.25, -0.2) is 0 Å². The fourth-order valence-corrected chi connectivity index (χ4v) is 1.21. The standard InChI is InChI=1S/C10H16N2/c1-8(10(12)7-11)9-5-3-2-4-6-9/h2-6,8,10H,7,11-12H2,1H3/t8-,10+/m1/s1. The molecule has 12 heavy (non-hydrogen) atoms. The Bertz CT molecular complexity index is 221. The Morgan fingerprint density at radius 3 is 2.33 bits per heavy atom. The van der Waals surface area contributed by atoms with Gasteiger partial charge < -0.3 is 11.5 Å². The number of rotatable bonds is 3. The normalized spacial score (nSPS) is 15.6. The van der Waals surface area contributed by atoms with Gasteiger partial charge in [-0.3, -0.25) is 0 Å². The molecule has 0 aliphatic carbocycles. The van der Waals surface area contributed by atoms with Gasteiger partial charge in [0.25, 0.3) is 0 Å². The highest BCUT2D eigenvalue weighted by atomic mass is 14.7. The summed E-state index contributed by atoms with van der Waals surface area (Å²) in [4.78, 5) is 0. The van der Waals surface area contributed by atoms with Crippen LogP contribution in [0.3, 0.4) is 0 Å². The molecule has 0 heterocycles. The van der Waals surface area contributed by atoms with Gasteiger partial charge in [0, 0.05) is 12.6 Å². The topological polar surface area (TPSA) is 52.0 Å². The summed E-state index contributed by atoms with van der Waals surface area (Å²) in [5.41, 5.74) is 12.6. The lowest BCUT2D eigenvalue weighted by Gasteiger charge is -2.18. The molecule has 0 aliphatic heterocycles. The van der Waals surface area contributed by atoms with Crippen molar-refractivity contribution in [1.82, 2.24) is 0 Å². The zero-order valence-corrected chi connectivity index (χ0v) is 7.40. The molecule has 0 fully saturated rings. The van der Waals surface area contributed by atoms with Crippen molar-refractivity contribution in [2.45, 2.75) is 18.9 Å². The monoisotopic (exact) mass is 164 g/mol. The fourth-order valence-electron chi connectivity index (χ4n) is 1.21. The Balaban J connectivity index is 2.71. The van der Waals surface area contributed by atoms with E-state index in [1.165, 1.54) is 5.56 Å². The molecule has 2 atom stereocenters. The maximum absolute atomic E-state index is 5.82. The Morgan fingerprint density at radius 2 is 1.83 bits per heavy atom. The Hall–Kier alpha value is -0.860. The third-order valence-electron chi connectivity index (χ3n) is 2.24. The van der Waals surface area contributed by atoms with E-state index < -0.39 is 0 Å². The van der Waals surface area contributed by atoms with Crippen molar-refractivity contribution in [2.24, 2.45) is 11.5 Å². The van der Waals surface area contributed by atoms with E-state index in [0.29, 0.717) is 12.5 Å². The smallest absolute Gasteiger partial charge is 0.0230 e. The van der Waals surface area contributed by atoms with Gasteiger partial charge in [-0.1, -0.05) is 37.3 Å². The van der Waals surface area contributed by atoms with Gasteiger partial charge >= 0.3 is 0 Å². The lowest BCUT2D eigenvalue weighted by atomic mass is 9.94. The van der Waals surface area contributed by atoms with Crippen LogP contribution in [0.5, 0.6) is 0 Å². The second kappa shape index (κ2) is 4.24. The van der Waals surface area contributed by atoms with Gasteiger partial charge in [0.1, 0.15) is 0 Å². The minimum Gasteiger partial charge on any atom is -0.329 e. The zero-order chi connectivity index (χ0) is 8.97. The molecule has 0 aliphatic rings. The summed E-state index contributed by atoms with van der Waals surface area (Å²) in [5.74, 6) is 0.344. The first-order valence-corrected chi connectivity index (χ1v) is 4.26. The van der Waals surface area contributed by atoms with Crippen LogP contribution in [0.25, 0.3) is 0 Å². The quantitative estimate of drug-likeness (QED) is 0.702. The largest absolute Gasteiger partial charge is 0.329 e. The van der Waals surface area contributed by atoms with Crippen LogP contribution < -0.4 is 11.5 Å². The van der Waals surface area contributed by atoms with Crippen molar-refractivity contribution in [3.8, 4) is 0 Å². The summed E-state index contributed by atoms with van der Waals surface area (Å²) in [6.45, 7) is 2.64. The van der Waals surface area contributed by atoms with Crippen LogP contribution in [0.15, 0.2) is 30.3 Å². The predicted molar refractivity (Wildman–Crippen MR) is 51.9 cm³/mol. The Labute approximate surface area is 73.6 Å². The molecule has 0 aromatic heterocycles. The van der Waals surface area contributed by atoms with E-state index >= 15 is 0 Å². The minimum absolute atomic E-state index is 0.0624. The summed E-state index contributed by atoms with van der Waals surface area (Å²) in [6, 6.07) is 10.3. The number of hydrogen-bond donors (Lipinski definition) is 2. The molecule has 0 saturated carbocycles. The van der Waals surface area contributed by atoms with Crippen LogP contribution >= 0.6 is 0 Å². The van der Waals surface area contributed by atoms with Gasteiger partial charge in [0.15, 0.2) is 0 Å². The third-order valence-corrected chi connectivity index (χ3v) is 2.24. The second-order valence-electron chi connectivity index (χ2n) is 3.10. The van der Waals surface area contributed by atoms with Crippen molar-refractivity contribution in [2.75, 3.05) is 6.54 Å². The molecule has 2 nitrogen and oxygen atoms in total. The molecule has 2 heteroatoms. The van der Waals surface area contributed by atoms with Gasteiger partial charge in [-0.2, -0.15) is 0 Å². The summed E-state index contributed by atoms with van der Waals surface area (Å²) >= 11 is 0.